The van der Waals surface area contributed by atoms with E-state index in [-0.39, 0.29) is 24.3 Å². The second kappa shape index (κ2) is 10.6. The van der Waals surface area contributed by atoms with Crippen molar-refractivity contribution < 1.29 is 14.4 Å². The highest BCUT2D eigenvalue weighted by atomic mass is 35.5. The molecule has 1 saturated heterocycles. The SMILES string of the molecule is O=C(CN1CCN(CCN2C(=O)c3cccc4cccc(c34)C2=O)CC1)NCc1c(Cl)cccc1Cl. The number of amides is 3. The molecule has 0 bridgehead atoms. The molecule has 5 rings (SSSR count). The Morgan fingerprint density at radius 1 is 0.778 bits per heavy atom. The van der Waals surface area contributed by atoms with E-state index in [0.717, 1.165) is 37.0 Å². The van der Waals surface area contributed by atoms with E-state index < -0.39 is 0 Å². The summed E-state index contributed by atoms with van der Waals surface area (Å²) < 4.78 is 0. The van der Waals surface area contributed by atoms with E-state index in [1.54, 1.807) is 30.3 Å². The molecular weight excluding hydrogens is 499 g/mol. The summed E-state index contributed by atoms with van der Waals surface area (Å²) in [5, 5.41) is 5.60. The van der Waals surface area contributed by atoms with Gasteiger partial charge in [0.25, 0.3) is 11.8 Å². The molecule has 1 fully saturated rings. The van der Waals surface area contributed by atoms with Crippen molar-refractivity contribution in [2.24, 2.45) is 0 Å². The number of carbonyl (C=O) groups excluding carboxylic acids is 3. The predicted molar refractivity (Wildman–Crippen MR) is 141 cm³/mol. The van der Waals surface area contributed by atoms with Crippen molar-refractivity contribution in [2.45, 2.75) is 6.54 Å². The lowest BCUT2D eigenvalue weighted by Gasteiger charge is -2.35. The lowest BCUT2D eigenvalue weighted by Crippen LogP contribution is -2.52. The summed E-state index contributed by atoms with van der Waals surface area (Å²) in [6.07, 6.45) is 0. The molecule has 0 radical (unpaired) electrons. The number of rotatable bonds is 7. The van der Waals surface area contributed by atoms with E-state index in [1.165, 1.54) is 4.90 Å². The Hall–Kier alpha value is -2.97. The predicted octanol–water partition coefficient (Wildman–Crippen LogP) is 3.68. The van der Waals surface area contributed by atoms with Gasteiger partial charge in [-0.2, -0.15) is 0 Å². The van der Waals surface area contributed by atoms with Crippen LogP contribution in [-0.2, 0) is 11.3 Å². The van der Waals surface area contributed by atoms with E-state index in [1.807, 2.05) is 24.3 Å². The second-order valence-electron chi connectivity index (χ2n) is 9.07. The number of hydrogen-bond donors (Lipinski definition) is 1. The maximum atomic E-state index is 13.1. The normalized spacial score (nSPS) is 16.6. The molecule has 1 N–H and O–H groups in total. The first kappa shape index (κ1) is 24.7. The topological polar surface area (TPSA) is 73.0 Å². The van der Waals surface area contributed by atoms with Crippen molar-refractivity contribution in [1.29, 1.82) is 0 Å². The van der Waals surface area contributed by atoms with Crippen molar-refractivity contribution in [3.8, 4) is 0 Å². The zero-order chi connectivity index (χ0) is 25.2. The average molecular weight is 525 g/mol. The fraction of sp³-hybridized carbons (Fsp3) is 0.296. The lowest BCUT2D eigenvalue weighted by molar-refractivity contribution is -0.122. The van der Waals surface area contributed by atoms with E-state index in [0.29, 0.717) is 46.4 Å². The molecule has 0 atom stereocenters. The Bertz CT molecular complexity index is 1270. The Balaban J connectivity index is 1.11. The third-order valence-electron chi connectivity index (χ3n) is 6.85. The van der Waals surface area contributed by atoms with Crippen LogP contribution < -0.4 is 5.32 Å². The van der Waals surface area contributed by atoms with Gasteiger partial charge in [-0.1, -0.05) is 53.5 Å². The van der Waals surface area contributed by atoms with Gasteiger partial charge < -0.3 is 5.32 Å². The minimum atomic E-state index is -0.238. The third kappa shape index (κ3) is 4.97. The fourth-order valence-corrected chi connectivity index (χ4v) is 5.37. The molecule has 2 heterocycles. The number of halogens is 2. The minimum absolute atomic E-state index is 0.0863. The van der Waals surface area contributed by atoms with Crippen LogP contribution in [-0.4, -0.2) is 78.2 Å². The molecule has 3 aromatic carbocycles. The number of piperazine rings is 1. The van der Waals surface area contributed by atoms with Crippen molar-refractivity contribution >= 4 is 51.7 Å². The number of imide groups is 1. The molecule has 0 saturated carbocycles. The Labute approximate surface area is 219 Å². The summed E-state index contributed by atoms with van der Waals surface area (Å²) >= 11 is 12.3. The van der Waals surface area contributed by atoms with Gasteiger partial charge >= 0.3 is 0 Å². The molecule has 0 unspecified atom stereocenters. The van der Waals surface area contributed by atoms with Crippen LogP contribution in [0.25, 0.3) is 10.8 Å². The molecule has 2 aliphatic rings. The number of hydrogen-bond acceptors (Lipinski definition) is 5. The van der Waals surface area contributed by atoms with Crippen molar-refractivity contribution in [3.05, 3.63) is 81.3 Å². The van der Waals surface area contributed by atoms with Gasteiger partial charge in [0, 0.05) is 77.9 Å². The average Bonchev–Trinajstić information content (AvgIpc) is 2.88. The van der Waals surface area contributed by atoms with Gasteiger partial charge in [0.2, 0.25) is 5.91 Å². The maximum Gasteiger partial charge on any atom is 0.261 e. The van der Waals surface area contributed by atoms with Gasteiger partial charge in [0.1, 0.15) is 0 Å². The third-order valence-corrected chi connectivity index (χ3v) is 7.56. The van der Waals surface area contributed by atoms with Gasteiger partial charge in [0.05, 0.1) is 6.54 Å². The quantitative estimate of drug-likeness (QED) is 0.477. The largest absolute Gasteiger partial charge is 0.351 e. The van der Waals surface area contributed by atoms with Gasteiger partial charge in [-0.15, -0.1) is 0 Å². The van der Waals surface area contributed by atoms with E-state index in [9.17, 15) is 14.4 Å². The fourth-order valence-electron chi connectivity index (χ4n) is 4.84. The summed E-state index contributed by atoms with van der Waals surface area (Å²) in [6, 6.07) is 16.4. The molecule has 7 nitrogen and oxygen atoms in total. The van der Waals surface area contributed by atoms with E-state index >= 15 is 0 Å². The maximum absolute atomic E-state index is 13.1. The molecule has 0 spiro atoms. The highest BCUT2D eigenvalue weighted by Gasteiger charge is 2.33. The van der Waals surface area contributed by atoms with Gasteiger partial charge in [0.15, 0.2) is 0 Å². The van der Waals surface area contributed by atoms with Crippen LogP contribution in [0, 0.1) is 0 Å². The summed E-state index contributed by atoms with van der Waals surface area (Å²) in [5.41, 5.74) is 1.87. The van der Waals surface area contributed by atoms with Gasteiger partial charge in [-0.3, -0.25) is 29.1 Å². The van der Waals surface area contributed by atoms with Gasteiger partial charge in [-0.25, -0.2) is 0 Å². The highest BCUT2D eigenvalue weighted by molar-refractivity contribution is 6.36. The molecule has 3 amide bonds. The molecule has 186 valence electrons. The molecule has 0 aromatic heterocycles. The lowest BCUT2D eigenvalue weighted by atomic mass is 9.94. The molecule has 0 aliphatic carbocycles. The van der Waals surface area contributed by atoms with Crippen LogP contribution in [0.15, 0.2) is 54.6 Å². The molecular formula is C27H26Cl2N4O3. The van der Waals surface area contributed by atoms with Crippen LogP contribution in [0.2, 0.25) is 10.0 Å². The zero-order valence-electron chi connectivity index (χ0n) is 19.7. The first-order valence-corrected chi connectivity index (χ1v) is 12.7. The Morgan fingerprint density at radius 2 is 1.33 bits per heavy atom. The number of benzene rings is 3. The first-order valence-electron chi connectivity index (χ1n) is 11.9. The molecule has 9 heteroatoms. The number of nitrogens with zero attached hydrogens (tertiary/aromatic N) is 3. The molecule has 2 aliphatic heterocycles. The summed E-state index contributed by atoms with van der Waals surface area (Å²) in [4.78, 5) is 44.3. The summed E-state index contributed by atoms with van der Waals surface area (Å²) in [6.45, 7) is 4.47. The molecule has 36 heavy (non-hydrogen) atoms. The van der Waals surface area contributed by atoms with Crippen molar-refractivity contribution in [3.63, 3.8) is 0 Å². The van der Waals surface area contributed by atoms with E-state index in [4.69, 9.17) is 23.2 Å². The van der Waals surface area contributed by atoms with Crippen LogP contribution >= 0.6 is 23.2 Å². The van der Waals surface area contributed by atoms with E-state index in [2.05, 4.69) is 15.1 Å². The van der Waals surface area contributed by atoms with Crippen molar-refractivity contribution in [1.82, 2.24) is 20.0 Å². The van der Waals surface area contributed by atoms with Gasteiger partial charge in [-0.05, 0) is 29.7 Å². The Morgan fingerprint density at radius 3 is 1.94 bits per heavy atom. The minimum Gasteiger partial charge on any atom is -0.351 e. The second-order valence-corrected chi connectivity index (χ2v) is 9.88. The van der Waals surface area contributed by atoms with Crippen LogP contribution in [0.1, 0.15) is 26.3 Å². The Kier molecular flexibility index (Phi) is 7.25. The monoisotopic (exact) mass is 524 g/mol. The standard InChI is InChI=1S/C27H26Cl2N4O3/c28-22-8-3-9-23(29)21(22)16-30-24(34)17-32-12-10-31(11-13-32)14-15-33-26(35)19-6-1-4-18-5-2-7-20(25(18)19)27(33)36/h1-9H,10-17H2,(H,30,34). The number of carbonyl (C=O) groups is 3. The zero-order valence-corrected chi connectivity index (χ0v) is 21.2. The van der Waals surface area contributed by atoms with Crippen LogP contribution in [0.5, 0.6) is 0 Å². The van der Waals surface area contributed by atoms with Crippen molar-refractivity contribution in [2.75, 3.05) is 45.8 Å². The van der Waals surface area contributed by atoms with Crippen LogP contribution in [0.4, 0.5) is 0 Å². The highest BCUT2D eigenvalue weighted by Crippen LogP contribution is 2.30. The first-order chi connectivity index (χ1) is 17.4. The summed E-state index contributed by atoms with van der Waals surface area (Å²) in [7, 11) is 0. The smallest absolute Gasteiger partial charge is 0.261 e. The number of nitrogens with one attached hydrogen (secondary N) is 1. The summed E-state index contributed by atoms with van der Waals surface area (Å²) in [5.74, 6) is -0.562. The molecule has 3 aromatic rings. The van der Waals surface area contributed by atoms with Crippen LogP contribution in [0.3, 0.4) is 0 Å².